The fraction of sp³-hybridized carbons (Fsp3) is 0.250. The molecule has 0 radical (unpaired) electrons. The van der Waals surface area contributed by atoms with E-state index in [9.17, 15) is 4.79 Å². The van der Waals surface area contributed by atoms with Gasteiger partial charge in [0.15, 0.2) is 4.96 Å². The van der Waals surface area contributed by atoms with Crippen molar-refractivity contribution in [2.75, 3.05) is 6.61 Å². The topological polar surface area (TPSA) is 43.6 Å². The van der Waals surface area contributed by atoms with Gasteiger partial charge in [-0.15, -0.1) is 11.3 Å². The van der Waals surface area contributed by atoms with Gasteiger partial charge >= 0.3 is 5.97 Å². The first-order valence-electron chi connectivity index (χ1n) is 3.90. The fourth-order valence-electron chi connectivity index (χ4n) is 1.08. The molecule has 0 unspecified atom stereocenters. The number of nitrogens with zero attached hydrogens (tertiary/aromatic N) is 2. The Morgan fingerprint density at radius 2 is 2.62 bits per heavy atom. The molecule has 13 heavy (non-hydrogen) atoms. The lowest BCUT2D eigenvalue weighted by Gasteiger charge is -1.98. The van der Waals surface area contributed by atoms with Crippen molar-refractivity contribution in [1.29, 1.82) is 0 Å². The van der Waals surface area contributed by atoms with Crippen molar-refractivity contribution in [3.8, 4) is 0 Å². The van der Waals surface area contributed by atoms with E-state index in [0.29, 0.717) is 12.3 Å². The van der Waals surface area contributed by atoms with Crippen LogP contribution in [0, 0.1) is 0 Å². The molecular weight excluding hydrogens is 188 g/mol. The molecule has 0 aliphatic heterocycles. The maximum Gasteiger partial charge on any atom is 0.356 e. The van der Waals surface area contributed by atoms with E-state index in [4.69, 9.17) is 4.74 Å². The third kappa shape index (κ3) is 1.31. The van der Waals surface area contributed by atoms with Gasteiger partial charge in [0.1, 0.15) is 5.69 Å². The zero-order chi connectivity index (χ0) is 9.26. The van der Waals surface area contributed by atoms with Crippen molar-refractivity contribution < 1.29 is 9.53 Å². The Kier molecular flexibility index (Phi) is 2.02. The summed E-state index contributed by atoms with van der Waals surface area (Å²) in [5.74, 6) is -0.299. The molecule has 0 aromatic carbocycles. The van der Waals surface area contributed by atoms with Gasteiger partial charge in [-0.2, -0.15) is 0 Å². The summed E-state index contributed by atoms with van der Waals surface area (Å²) in [6.45, 7) is 2.18. The quantitative estimate of drug-likeness (QED) is 0.685. The normalized spacial score (nSPS) is 10.5. The maximum absolute atomic E-state index is 11.4. The van der Waals surface area contributed by atoms with Crippen molar-refractivity contribution in [3.63, 3.8) is 0 Å². The standard InChI is InChI=1S/C8H8N2O2S/c1-2-12-7(11)6-5-13-8-9-3-4-10(6)8/h3-5H,2H2,1H3. The van der Waals surface area contributed by atoms with Crippen molar-refractivity contribution in [2.24, 2.45) is 0 Å². The van der Waals surface area contributed by atoms with Gasteiger partial charge in [0.25, 0.3) is 0 Å². The van der Waals surface area contributed by atoms with Gasteiger partial charge < -0.3 is 4.74 Å². The van der Waals surface area contributed by atoms with E-state index in [1.807, 2.05) is 0 Å². The fourth-order valence-corrected chi connectivity index (χ4v) is 1.90. The molecule has 0 aliphatic carbocycles. The van der Waals surface area contributed by atoms with E-state index < -0.39 is 0 Å². The second kappa shape index (κ2) is 3.18. The highest BCUT2D eigenvalue weighted by Gasteiger charge is 2.12. The van der Waals surface area contributed by atoms with Crippen molar-refractivity contribution in [1.82, 2.24) is 9.38 Å². The van der Waals surface area contributed by atoms with E-state index in [2.05, 4.69) is 4.98 Å². The highest BCUT2D eigenvalue weighted by molar-refractivity contribution is 7.15. The summed E-state index contributed by atoms with van der Waals surface area (Å²) in [6, 6.07) is 0. The van der Waals surface area contributed by atoms with Gasteiger partial charge in [-0.25, -0.2) is 9.78 Å². The molecule has 0 saturated heterocycles. The minimum absolute atomic E-state index is 0.299. The van der Waals surface area contributed by atoms with Crippen LogP contribution >= 0.6 is 11.3 Å². The number of thiazole rings is 1. The molecule has 4 nitrogen and oxygen atoms in total. The molecule has 0 spiro atoms. The number of carbonyl (C=O) groups is 1. The van der Waals surface area contributed by atoms with Crippen LogP contribution in [0.2, 0.25) is 0 Å². The molecule has 0 fully saturated rings. The molecule has 0 amide bonds. The summed E-state index contributed by atoms with van der Waals surface area (Å²) in [5, 5.41) is 1.75. The first-order valence-corrected chi connectivity index (χ1v) is 4.78. The molecule has 0 aliphatic rings. The number of aromatic nitrogens is 2. The highest BCUT2D eigenvalue weighted by Crippen LogP contribution is 2.14. The zero-order valence-corrected chi connectivity index (χ0v) is 7.87. The van der Waals surface area contributed by atoms with Crippen molar-refractivity contribution in [3.05, 3.63) is 23.5 Å². The average Bonchev–Trinajstić information content (AvgIpc) is 2.62. The molecule has 2 rings (SSSR count). The lowest BCUT2D eigenvalue weighted by Crippen LogP contribution is -2.06. The summed E-state index contributed by atoms with van der Waals surface area (Å²) in [5.41, 5.74) is 0.541. The first kappa shape index (κ1) is 8.25. The number of imidazole rings is 1. The van der Waals surface area contributed by atoms with Crippen LogP contribution in [-0.4, -0.2) is 22.0 Å². The van der Waals surface area contributed by atoms with Crippen LogP contribution in [-0.2, 0) is 4.74 Å². The number of fused-ring (bicyclic) bond motifs is 1. The molecule has 0 bridgehead atoms. The average molecular weight is 196 g/mol. The van der Waals surface area contributed by atoms with Crippen LogP contribution in [0.5, 0.6) is 0 Å². The molecule has 0 saturated carbocycles. The van der Waals surface area contributed by atoms with Crippen LogP contribution in [0.3, 0.4) is 0 Å². The number of hydrogen-bond acceptors (Lipinski definition) is 4. The molecule has 0 N–H and O–H groups in total. The van der Waals surface area contributed by atoms with E-state index in [0.717, 1.165) is 4.96 Å². The van der Waals surface area contributed by atoms with Gasteiger partial charge in [0, 0.05) is 17.8 Å². The Hall–Kier alpha value is -1.36. The van der Waals surface area contributed by atoms with Gasteiger partial charge in [-0.1, -0.05) is 0 Å². The third-order valence-corrected chi connectivity index (χ3v) is 2.48. The van der Waals surface area contributed by atoms with Crippen molar-refractivity contribution >= 4 is 22.3 Å². The molecule has 0 atom stereocenters. The van der Waals surface area contributed by atoms with Gasteiger partial charge in [-0.05, 0) is 6.92 Å². The van der Waals surface area contributed by atoms with Gasteiger partial charge in [-0.3, -0.25) is 4.40 Å². The maximum atomic E-state index is 11.4. The third-order valence-electron chi connectivity index (χ3n) is 1.63. The first-order chi connectivity index (χ1) is 6.33. The van der Waals surface area contributed by atoms with E-state index >= 15 is 0 Å². The Morgan fingerprint density at radius 3 is 3.38 bits per heavy atom. The lowest BCUT2D eigenvalue weighted by atomic mass is 10.5. The van der Waals surface area contributed by atoms with Crippen molar-refractivity contribution in [2.45, 2.75) is 6.92 Å². The van der Waals surface area contributed by atoms with E-state index in [-0.39, 0.29) is 5.97 Å². The molecule has 2 aromatic rings. The Labute approximate surface area is 78.8 Å². The summed E-state index contributed by atoms with van der Waals surface area (Å²) >= 11 is 1.43. The number of ether oxygens (including phenoxy) is 1. The number of carbonyl (C=O) groups excluding carboxylic acids is 1. The Bertz CT molecular complexity index is 432. The van der Waals surface area contributed by atoms with Crippen LogP contribution in [0.1, 0.15) is 17.4 Å². The largest absolute Gasteiger partial charge is 0.461 e. The van der Waals surface area contributed by atoms with Crippen LogP contribution in [0.25, 0.3) is 4.96 Å². The van der Waals surface area contributed by atoms with Gasteiger partial charge in [0.2, 0.25) is 0 Å². The molecule has 68 valence electrons. The highest BCUT2D eigenvalue weighted by atomic mass is 32.1. The molecule has 2 heterocycles. The van der Waals surface area contributed by atoms with E-state index in [1.54, 1.807) is 29.1 Å². The number of hydrogen-bond donors (Lipinski definition) is 0. The lowest BCUT2D eigenvalue weighted by molar-refractivity contribution is 0.0518. The van der Waals surface area contributed by atoms with Gasteiger partial charge in [0.05, 0.1) is 6.61 Å². The Balaban J connectivity index is 2.42. The predicted octanol–water partition coefficient (Wildman–Crippen LogP) is 1.57. The van der Waals surface area contributed by atoms with Crippen LogP contribution in [0.4, 0.5) is 0 Å². The zero-order valence-electron chi connectivity index (χ0n) is 7.06. The van der Waals surface area contributed by atoms with E-state index in [1.165, 1.54) is 11.3 Å². The summed E-state index contributed by atoms with van der Waals surface area (Å²) in [7, 11) is 0. The predicted molar refractivity (Wildman–Crippen MR) is 49.0 cm³/mol. The summed E-state index contributed by atoms with van der Waals surface area (Å²) in [4.78, 5) is 16.2. The second-order valence-corrected chi connectivity index (χ2v) is 3.26. The second-order valence-electron chi connectivity index (χ2n) is 2.42. The molecular formula is C8H8N2O2S. The smallest absolute Gasteiger partial charge is 0.356 e. The summed E-state index contributed by atoms with van der Waals surface area (Å²) in [6.07, 6.45) is 3.41. The minimum atomic E-state index is -0.299. The van der Waals surface area contributed by atoms with Crippen LogP contribution < -0.4 is 0 Å². The summed E-state index contributed by atoms with van der Waals surface area (Å²) < 4.78 is 6.61. The molecule has 5 heteroatoms. The minimum Gasteiger partial charge on any atom is -0.461 e. The molecule has 2 aromatic heterocycles. The SMILES string of the molecule is CCOC(=O)c1csc2nccn12. The van der Waals surface area contributed by atoms with Crippen LogP contribution in [0.15, 0.2) is 17.8 Å². The number of esters is 1. The number of rotatable bonds is 2. The monoisotopic (exact) mass is 196 g/mol. The Morgan fingerprint density at radius 1 is 1.77 bits per heavy atom.